The van der Waals surface area contributed by atoms with E-state index in [1.807, 2.05) is 0 Å². The van der Waals surface area contributed by atoms with Crippen molar-refractivity contribution in [1.29, 1.82) is 2.86 Å². The molecule has 19 nitrogen and oxygen atoms in total. The fourth-order valence-electron chi connectivity index (χ4n) is 4.40. The van der Waals surface area contributed by atoms with Crippen molar-refractivity contribution in [3.63, 3.8) is 0 Å². The molecule has 2 aliphatic rings. The Morgan fingerprint density at radius 1 is 1.00 bits per heavy atom. The van der Waals surface area contributed by atoms with Crippen LogP contribution in [0.25, 0.3) is 22.3 Å². The quantitative estimate of drug-likeness (QED) is 0.102. The Morgan fingerprint density at radius 3 is 2.10 bits per heavy atom. The van der Waals surface area contributed by atoms with Crippen LogP contribution in [0.4, 0.5) is 11.9 Å². The van der Waals surface area contributed by atoms with Crippen molar-refractivity contribution < 1.29 is 36.8 Å². The average molecular weight is 634 g/mol. The van der Waals surface area contributed by atoms with Crippen LogP contribution >= 0.6 is 15.9 Å². The van der Waals surface area contributed by atoms with Crippen molar-refractivity contribution >= 4 is 50.2 Å². The maximum Gasteiger partial charge on any atom is 0.280 e. The monoisotopic (exact) mass is 633 g/mol. The molecule has 2 fully saturated rings. The Morgan fingerprint density at radius 2 is 1.52 bits per heavy atom. The van der Waals surface area contributed by atoms with Crippen LogP contribution in [0, 0.1) is 0 Å². The Kier molecular flexibility index (Phi) is 7.35. The molecular weight excluding hydrogens is 604 g/mol. The first kappa shape index (κ1) is 25.5. The first-order valence-electron chi connectivity index (χ1n) is 12.9. The van der Waals surface area contributed by atoms with E-state index in [-0.39, 0.29) is 66.6 Å². The highest BCUT2D eigenvalue weighted by atomic mass is 79.9. The number of rotatable bonds is 4. The normalized spacial score (nSPS) is 27.0. The highest BCUT2D eigenvalue weighted by molar-refractivity contribution is 9.10. The van der Waals surface area contributed by atoms with Crippen molar-refractivity contribution in [2.45, 2.75) is 49.7 Å². The number of imidazole rings is 2. The van der Waals surface area contributed by atoms with E-state index in [0.29, 0.717) is 4.73 Å². The van der Waals surface area contributed by atoms with Gasteiger partial charge in [0, 0.05) is 12.8 Å². The van der Waals surface area contributed by atoms with E-state index in [1.165, 1.54) is 9.13 Å². The van der Waals surface area contributed by atoms with Gasteiger partial charge in [0.25, 0.3) is 11.1 Å². The lowest BCUT2D eigenvalue weighted by atomic mass is 10.2. The summed E-state index contributed by atoms with van der Waals surface area (Å²) < 4.78 is 32.7. The first-order valence-corrected chi connectivity index (χ1v) is 12.4. The molecule has 4 aromatic rings. The molecule has 6 atom stereocenters. The minimum atomic E-state index is -0.860. The highest BCUT2D eigenvalue weighted by Gasteiger charge is 2.37. The Hall–Kier alpha value is -3.50. The summed E-state index contributed by atoms with van der Waals surface area (Å²) in [6, 6.07) is 0. The number of H-pyrrole nitrogens is 2. The summed E-state index contributed by atoms with van der Waals surface area (Å²) in [6.07, 6.45) is -4.20. The third-order valence-electron chi connectivity index (χ3n) is 6.26. The molecule has 6 heterocycles. The molecule has 6 rings (SSSR count). The van der Waals surface area contributed by atoms with Crippen LogP contribution in [0.1, 0.15) is 26.7 Å². The van der Waals surface area contributed by atoms with Gasteiger partial charge in [-0.05, 0) is 15.9 Å². The molecule has 2 saturated heterocycles. The molecule has 2 aliphatic heterocycles. The van der Waals surface area contributed by atoms with Gasteiger partial charge in [0.15, 0.2) is 27.1 Å². The van der Waals surface area contributed by atoms with Gasteiger partial charge >= 0.3 is 0 Å². The summed E-state index contributed by atoms with van der Waals surface area (Å²) in [5, 5.41) is 37.7. The first-order chi connectivity index (χ1) is 20.4. The fourth-order valence-corrected chi connectivity index (χ4v) is 4.97. The summed E-state index contributed by atoms with van der Waals surface area (Å²) in [5.74, 6) is -0.130. The predicted molar refractivity (Wildman–Crippen MR) is 140 cm³/mol. The number of nitrogens with one attached hydrogen (secondary N) is 2. The van der Waals surface area contributed by atoms with E-state index < -0.39 is 48.0 Å². The van der Waals surface area contributed by atoms with E-state index in [0.717, 1.165) is 0 Å². The molecular formula is C20H27BrN10O9. The number of aliphatic hydroxyl groups excluding tert-OH is 4. The van der Waals surface area contributed by atoms with Crippen LogP contribution in [0.15, 0.2) is 20.6 Å². The molecule has 0 aromatic carbocycles. The SMILES string of the molecule is Nc1nc2c(nc(Br)n2C2CC(O)[C@@H](CO)O2)c(=O)[nH]1.[2H]O[2H].[2H]c1nc2c(=O)[nH]c(N)nc2n1C1CC(O)[C@@H](CO)O1. The molecule has 218 valence electrons. The molecule has 0 spiro atoms. The lowest BCUT2D eigenvalue weighted by Crippen LogP contribution is -2.24. The molecule has 12 N–H and O–H groups in total. The van der Waals surface area contributed by atoms with Crippen LogP contribution in [0.2, 0.25) is 0 Å². The number of aromatic nitrogens is 8. The van der Waals surface area contributed by atoms with Gasteiger partial charge in [-0.1, -0.05) is 0 Å². The molecule has 0 amide bonds. The van der Waals surface area contributed by atoms with Gasteiger partial charge in [-0.15, -0.1) is 0 Å². The van der Waals surface area contributed by atoms with E-state index in [2.05, 4.69) is 51.3 Å². The fraction of sp³-hybridized carbons (Fsp3) is 0.500. The lowest BCUT2D eigenvalue weighted by Gasteiger charge is -2.14. The number of aromatic amines is 2. The van der Waals surface area contributed by atoms with Gasteiger partial charge in [0.1, 0.15) is 26.0 Å². The number of fused-ring (bicyclic) bond motifs is 2. The number of ether oxygens (including phenoxy) is 2. The van der Waals surface area contributed by atoms with Crippen LogP contribution in [-0.2, 0) is 9.47 Å². The second-order valence-corrected chi connectivity index (χ2v) is 9.52. The molecule has 4 aromatic heterocycles. The van der Waals surface area contributed by atoms with Gasteiger partial charge < -0.3 is 46.8 Å². The number of nitrogen functional groups attached to an aromatic ring is 2. The number of halogens is 1. The number of hydrogen-bond acceptors (Lipinski definition) is 14. The zero-order chi connectivity index (χ0) is 31.6. The zero-order valence-electron chi connectivity index (χ0n) is 23.3. The number of anilines is 2. The molecule has 40 heavy (non-hydrogen) atoms. The minimum Gasteiger partial charge on any atom is -0.412 e. The maximum atomic E-state index is 11.8. The van der Waals surface area contributed by atoms with E-state index in [1.54, 1.807) is 0 Å². The molecule has 0 bridgehead atoms. The molecule has 4 unspecified atom stereocenters. The van der Waals surface area contributed by atoms with E-state index in [4.69, 9.17) is 35.4 Å². The van der Waals surface area contributed by atoms with E-state index in [9.17, 15) is 19.8 Å². The van der Waals surface area contributed by atoms with Crippen LogP contribution < -0.4 is 22.6 Å². The van der Waals surface area contributed by atoms with Gasteiger partial charge in [-0.3, -0.25) is 28.7 Å². The highest BCUT2D eigenvalue weighted by Crippen LogP contribution is 2.33. The van der Waals surface area contributed by atoms with Crippen molar-refractivity contribution in [2.75, 3.05) is 24.7 Å². The smallest absolute Gasteiger partial charge is 0.280 e. The van der Waals surface area contributed by atoms with Gasteiger partial charge in [-0.2, -0.15) is 9.97 Å². The van der Waals surface area contributed by atoms with Crippen LogP contribution in [0.3, 0.4) is 0 Å². The summed E-state index contributed by atoms with van der Waals surface area (Å²) >= 11 is 3.23. The molecule has 0 saturated carbocycles. The Balaban J connectivity index is 0.000000181. The molecule has 0 radical (unpaired) electrons. The number of nitrogens with two attached hydrogens (primary N) is 2. The predicted octanol–water partition coefficient (Wildman–Crippen LogP) is -3.38. The Labute approximate surface area is 235 Å². The second kappa shape index (κ2) is 11.5. The minimum absolute atomic E-state index is 0.0188. The van der Waals surface area contributed by atoms with Gasteiger partial charge in [0.05, 0.1) is 31.7 Å². The summed E-state index contributed by atoms with van der Waals surface area (Å²) in [4.78, 5) is 44.0. The zero-order valence-corrected chi connectivity index (χ0v) is 21.9. The summed E-state index contributed by atoms with van der Waals surface area (Å²) in [6.45, 7) is -0.633. The number of nitrogens with zero attached hydrogens (tertiary/aromatic N) is 6. The van der Waals surface area contributed by atoms with Gasteiger partial charge in [-0.25, -0.2) is 9.97 Å². The third-order valence-corrected chi connectivity index (χ3v) is 6.82. The number of aliphatic hydroxyl groups is 4. The van der Waals surface area contributed by atoms with Crippen molar-refractivity contribution in [1.82, 2.24) is 39.0 Å². The van der Waals surface area contributed by atoms with Crippen molar-refractivity contribution in [2.24, 2.45) is 0 Å². The Bertz CT molecular complexity index is 1580. The maximum absolute atomic E-state index is 11.8. The molecule has 20 heteroatoms. The largest absolute Gasteiger partial charge is 0.412 e. The van der Waals surface area contributed by atoms with Gasteiger partial charge in [0.2, 0.25) is 14.8 Å². The second-order valence-electron chi connectivity index (χ2n) is 8.81. The molecule has 0 aliphatic carbocycles. The van der Waals surface area contributed by atoms with E-state index >= 15 is 0 Å². The van der Waals surface area contributed by atoms with Crippen LogP contribution in [0.5, 0.6) is 0 Å². The average Bonchev–Trinajstić information content (AvgIpc) is 3.67. The van der Waals surface area contributed by atoms with Crippen molar-refractivity contribution in [3.8, 4) is 0 Å². The summed E-state index contributed by atoms with van der Waals surface area (Å²) in [5.41, 5.74) is 13.2. The lowest BCUT2D eigenvalue weighted by molar-refractivity contribution is -0.0439. The number of hydrogen-bond donors (Lipinski definition) is 8. The topological polar surface area (TPSA) is 310 Å². The van der Waals surface area contributed by atoms with Crippen LogP contribution in [-0.4, -0.2) is 105 Å². The third kappa shape index (κ3) is 5.30. The standard InChI is InChI=1S/C10H12BrN5O4.C10H13N5O4.H2O/c11-9-13-6-7(14-10(12)15-8(6)19)16(9)5-1-3(18)4(2-17)20-5;11-10-13-8-7(9(18)14-10)12-3-15(8)6-1-4(17)5(2-16)19-6;/h3-5,17-18H,1-2H2,(H3,12,14,15,19);3-6,16-17H,1-2H2,(H3,11,13,14,18);1H2/t3?,4-,5?;4?,5-,6?;/m11./s1/i;3D;/hD2. The van der Waals surface area contributed by atoms with Crippen molar-refractivity contribution in [3.05, 3.63) is 31.7 Å². The summed E-state index contributed by atoms with van der Waals surface area (Å²) in [7, 11) is 0.